The van der Waals surface area contributed by atoms with E-state index in [2.05, 4.69) is 16.5 Å². The summed E-state index contributed by atoms with van der Waals surface area (Å²) in [6.45, 7) is 0. The number of rotatable bonds is 2. The van der Waals surface area contributed by atoms with Gasteiger partial charge in [-0.15, -0.1) is 9.39 Å². The van der Waals surface area contributed by atoms with Gasteiger partial charge in [0.25, 0.3) is 0 Å². The molecule has 0 saturated heterocycles. The van der Waals surface area contributed by atoms with Crippen molar-refractivity contribution < 1.29 is 0 Å². The van der Waals surface area contributed by atoms with Crippen LogP contribution in [0.3, 0.4) is 0 Å². The SMILES string of the molecule is C=S(=C)(NC)c1ccccc1. The molecule has 1 nitrogen and oxygen atoms in total. The quantitative estimate of drug-likeness (QED) is 0.663. The molecule has 0 bridgehead atoms. The minimum absolute atomic E-state index is 1.18. The average molecular weight is 167 g/mol. The molecule has 0 aliphatic heterocycles. The molecule has 1 rings (SSSR count). The van der Waals surface area contributed by atoms with Crippen molar-refractivity contribution in [2.24, 2.45) is 0 Å². The van der Waals surface area contributed by atoms with Crippen LogP contribution in [0.5, 0.6) is 0 Å². The van der Waals surface area contributed by atoms with Crippen molar-refractivity contribution in [2.45, 2.75) is 4.90 Å². The summed E-state index contributed by atoms with van der Waals surface area (Å²) in [7, 11) is 0.643. The van der Waals surface area contributed by atoms with E-state index in [9.17, 15) is 0 Å². The van der Waals surface area contributed by atoms with Gasteiger partial charge in [-0.1, -0.05) is 29.9 Å². The van der Waals surface area contributed by atoms with Crippen molar-refractivity contribution in [1.29, 1.82) is 0 Å². The minimum Gasteiger partial charge on any atom is -0.275 e. The topological polar surface area (TPSA) is 12.0 Å². The molecule has 0 aromatic heterocycles. The Morgan fingerprint density at radius 3 is 2.18 bits per heavy atom. The summed E-state index contributed by atoms with van der Waals surface area (Å²) in [5.74, 6) is 8.04. The third-order valence-electron chi connectivity index (χ3n) is 1.59. The van der Waals surface area contributed by atoms with Crippen LogP contribution in [-0.2, 0) is 0 Å². The molecule has 0 atom stereocenters. The lowest BCUT2D eigenvalue weighted by Gasteiger charge is -2.12. The van der Waals surface area contributed by atoms with E-state index in [4.69, 9.17) is 0 Å². The normalized spacial score (nSPS) is 11.4. The highest BCUT2D eigenvalue weighted by molar-refractivity contribution is 8.26. The first-order valence-electron chi connectivity index (χ1n) is 3.40. The Kier molecular flexibility index (Phi) is 2.37. The van der Waals surface area contributed by atoms with Crippen LogP contribution in [0, 0.1) is 0 Å². The summed E-state index contributed by atoms with van der Waals surface area (Å²) < 4.78 is 3.12. The molecular formula is C9H13NS. The summed E-state index contributed by atoms with van der Waals surface area (Å²) >= 11 is 0. The van der Waals surface area contributed by atoms with E-state index in [0.29, 0.717) is 0 Å². The van der Waals surface area contributed by atoms with Crippen LogP contribution < -0.4 is 4.72 Å². The maximum Gasteiger partial charge on any atom is 0.00862 e. The minimum atomic E-state index is -1.25. The molecule has 0 aliphatic carbocycles. The molecule has 0 heterocycles. The lowest BCUT2D eigenvalue weighted by Crippen LogP contribution is -2.00. The summed E-state index contributed by atoms with van der Waals surface area (Å²) in [4.78, 5) is 1.18. The fourth-order valence-electron chi connectivity index (χ4n) is 0.799. The molecule has 0 spiro atoms. The van der Waals surface area contributed by atoms with Gasteiger partial charge >= 0.3 is 0 Å². The molecule has 0 saturated carbocycles. The summed E-state index contributed by atoms with van der Waals surface area (Å²) in [5.41, 5.74) is 0. The van der Waals surface area contributed by atoms with E-state index in [1.807, 2.05) is 37.4 Å². The maximum absolute atomic E-state index is 4.02. The number of nitrogens with one attached hydrogen (secondary N) is 1. The fraction of sp³-hybridized carbons (Fsp3) is 0.111. The number of benzene rings is 1. The second kappa shape index (κ2) is 3.11. The van der Waals surface area contributed by atoms with E-state index in [1.165, 1.54) is 4.90 Å². The van der Waals surface area contributed by atoms with Gasteiger partial charge in [-0.2, -0.15) is 0 Å². The van der Waals surface area contributed by atoms with Crippen LogP contribution in [0.4, 0.5) is 0 Å². The van der Waals surface area contributed by atoms with E-state index in [0.717, 1.165) is 0 Å². The number of hydrogen-bond donors (Lipinski definition) is 1. The second-order valence-electron chi connectivity index (χ2n) is 2.40. The Labute approximate surface area is 68.7 Å². The average Bonchev–Trinajstić information content (AvgIpc) is 2.06. The summed E-state index contributed by atoms with van der Waals surface area (Å²) in [6, 6.07) is 10.1. The van der Waals surface area contributed by atoms with Gasteiger partial charge in [0.15, 0.2) is 0 Å². The van der Waals surface area contributed by atoms with E-state index in [-0.39, 0.29) is 0 Å². The van der Waals surface area contributed by atoms with Gasteiger partial charge in [0.2, 0.25) is 0 Å². The molecule has 0 amide bonds. The molecule has 1 aromatic rings. The van der Waals surface area contributed by atoms with E-state index >= 15 is 0 Å². The van der Waals surface area contributed by atoms with Crippen molar-refractivity contribution in [3.05, 3.63) is 30.3 Å². The van der Waals surface area contributed by atoms with Gasteiger partial charge in [0.1, 0.15) is 0 Å². The number of hydrogen-bond acceptors (Lipinski definition) is 1. The lowest BCUT2D eigenvalue weighted by molar-refractivity contribution is 1.27. The third kappa shape index (κ3) is 1.85. The molecule has 60 valence electrons. The summed E-state index contributed by atoms with van der Waals surface area (Å²) in [6.07, 6.45) is 0. The van der Waals surface area contributed by atoms with E-state index in [1.54, 1.807) is 0 Å². The van der Waals surface area contributed by atoms with Crippen molar-refractivity contribution in [2.75, 3.05) is 7.05 Å². The maximum atomic E-state index is 4.02. The van der Waals surface area contributed by atoms with E-state index < -0.39 is 9.39 Å². The third-order valence-corrected chi connectivity index (χ3v) is 3.54. The van der Waals surface area contributed by atoms with Crippen LogP contribution in [-0.4, -0.2) is 18.8 Å². The molecule has 0 unspecified atom stereocenters. The van der Waals surface area contributed by atoms with Crippen molar-refractivity contribution in [1.82, 2.24) is 4.72 Å². The first-order chi connectivity index (χ1) is 5.17. The Bertz CT molecular complexity index is 311. The van der Waals surface area contributed by atoms with Crippen LogP contribution in [0.1, 0.15) is 0 Å². The molecular weight excluding hydrogens is 154 g/mol. The zero-order chi connectivity index (χ0) is 8.32. The second-order valence-corrected chi connectivity index (χ2v) is 5.05. The van der Waals surface area contributed by atoms with Crippen LogP contribution >= 0.6 is 9.39 Å². The highest BCUT2D eigenvalue weighted by Crippen LogP contribution is 2.25. The molecule has 2 heteroatoms. The molecule has 1 N–H and O–H groups in total. The lowest BCUT2D eigenvalue weighted by atomic mass is 10.4. The van der Waals surface area contributed by atoms with Crippen molar-refractivity contribution >= 4 is 21.1 Å². The van der Waals surface area contributed by atoms with Gasteiger partial charge in [-0.25, -0.2) is 0 Å². The zero-order valence-electron chi connectivity index (χ0n) is 6.71. The van der Waals surface area contributed by atoms with Gasteiger partial charge in [-0.05, 0) is 19.2 Å². The van der Waals surface area contributed by atoms with Crippen LogP contribution in [0.15, 0.2) is 35.2 Å². The van der Waals surface area contributed by atoms with Gasteiger partial charge in [-0.3, -0.25) is 4.72 Å². The Morgan fingerprint density at radius 2 is 1.73 bits per heavy atom. The van der Waals surface area contributed by atoms with Crippen LogP contribution in [0.2, 0.25) is 0 Å². The molecule has 0 radical (unpaired) electrons. The smallest absolute Gasteiger partial charge is 0.00862 e. The van der Waals surface area contributed by atoms with Gasteiger partial charge in [0, 0.05) is 4.90 Å². The molecule has 0 fully saturated rings. The van der Waals surface area contributed by atoms with Gasteiger partial charge < -0.3 is 0 Å². The largest absolute Gasteiger partial charge is 0.275 e. The predicted octanol–water partition coefficient (Wildman–Crippen LogP) is 1.85. The van der Waals surface area contributed by atoms with Gasteiger partial charge in [0.05, 0.1) is 0 Å². The fourth-order valence-corrected chi connectivity index (χ4v) is 1.71. The molecule has 1 aromatic carbocycles. The standard InChI is InChI=1S/C9H13NS/c1-10-11(2,3)9-7-5-4-6-8-9/h4-8,10H,2-3H2,1H3. The highest BCUT2D eigenvalue weighted by Gasteiger charge is 1.94. The summed E-state index contributed by atoms with van der Waals surface area (Å²) in [5, 5.41) is 0. The zero-order valence-corrected chi connectivity index (χ0v) is 7.53. The first-order valence-corrected chi connectivity index (χ1v) is 5.37. The Hall–Kier alpha value is -0.730. The van der Waals surface area contributed by atoms with Crippen LogP contribution in [0.25, 0.3) is 0 Å². The molecule has 11 heavy (non-hydrogen) atoms. The molecule has 0 aliphatic rings. The Balaban J connectivity index is 3.14. The van der Waals surface area contributed by atoms with Crippen molar-refractivity contribution in [3.63, 3.8) is 0 Å². The first kappa shape index (κ1) is 8.37. The monoisotopic (exact) mass is 167 g/mol. The highest BCUT2D eigenvalue weighted by atomic mass is 32.2. The Morgan fingerprint density at radius 1 is 1.18 bits per heavy atom. The predicted molar refractivity (Wildman–Crippen MR) is 55.6 cm³/mol. The van der Waals surface area contributed by atoms with Crippen molar-refractivity contribution in [3.8, 4) is 0 Å².